The van der Waals surface area contributed by atoms with Crippen LogP contribution in [0.2, 0.25) is 0 Å². The first kappa shape index (κ1) is 17.5. The summed E-state index contributed by atoms with van der Waals surface area (Å²) in [5.74, 6) is -0.199. The van der Waals surface area contributed by atoms with E-state index in [1.807, 2.05) is 72.3 Å². The monoisotopic (exact) mass is 368 g/mol. The summed E-state index contributed by atoms with van der Waals surface area (Å²) in [5, 5.41) is 4.61. The molecule has 0 aliphatic heterocycles. The molecular weight excluding hydrogens is 348 g/mol. The second-order valence-electron chi connectivity index (χ2n) is 6.44. The van der Waals surface area contributed by atoms with Crippen molar-refractivity contribution in [3.05, 3.63) is 102 Å². The van der Waals surface area contributed by atoms with Crippen molar-refractivity contribution in [1.29, 1.82) is 0 Å². The zero-order chi connectivity index (χ0) is 19.3. The number of amides is 1. The second-order valence-corrected chi connectivity index (χ2v) is 6.44. The minimum absolute atomic E-state index is 0.199. The van der Waals surface area contributed by atoms with E-state index in [9.17, 15) is 4.79 Å². The largest absolute Gasteiger partial charge is 0.298 e. The summed E-state index contributed by atoms with van der Waals surface area (Å²) in [7, 11) is 0. The van der Waals surface area contributed by atoms with Crippen LogP contribution < -0.4 is 10.9 Å². The zero-order valence-corrected chi connectivity index (χ0v) is 15.5. The van der Waals surface area contributed by atoms with E-state index in [2.05, 4.69) is 34.1 Å². The Bertz CT molecular complexity index is 1070. The molecule has 0 bridgehead atoms. The van der Waals surface area contributed by atoms with Gasteiger partial charge in [-0.1, -0.05) is 48.5 Å². The number of nitrogens with zero attached hydrogens (tertiary/aromatic N) is 2. The molecule has 0 fully saturated rings. The first-order valence-corrected chi connectivity index (χ1v) is 9.05. The lowest BCUT2D eigenvalue weighted by Gasteiger charge is -2.10. The maximum atomic E-state index is 12.4. The van der Waals surface area contributed by atoms with Gasteiger partial charge in [0.25, 0.3) is 5.91 Å². The molecule has 0 spiro atoms. The quantitative estimate of drug-likeness (QED) is 0.506. The average molecular weight is 368 g/mol. The Hall–Kier alpha value is -3.86. The van der Waals surface area contributed by atoms with E-state index >= 15 is 0 Å². The first-order chi connectivity index (χ1) is 13.7. The first-order valence-electron chi connectivity index (χ1n) is 9.05. The number of hydrogen-bond donors (Lipinski definition) is 2. The van der Waals surface area contributed by atoms with Gasteiger partial charge < -0.3 is 0 Å². The van der Waals surface area contributed by atoms with Crippen LogP contribution in [0.5, 0.6) is 0 Å². The Morgan fingerprint density at radius 3 is 2.18 bits per heavy atom. The van der Waals surface area contributed by atoms with E-state index in [1.54, 1.807) is 12.1 Å². The third-order valence-electron chi connectivity index (χ3n) is 4.37. The molecule has 1 aromatic heterocycles. The van der Waals surface area contributed by atoms with Gasteiger partial charge in [-0.3, -0.25) is 15.6 Å². The lowest BCUT2D eigenvalue weighted by Crippen LogP contribution is -2.29. The molecule has 0 unspecified atom stereocenters. The average Bonchev–Trinajstić information content (AvgIpc) is 3.15. The summed E-state index contributed by atoms with van der Waals surface area (Å²) in [6, 6.07) is 29.1. The summed E-state index contributed by atoms with van der Waals surface area (Å²) in [4.78, 5) is 12.4. The summed E-state index contributed by atoms with van der Waals surface area (Å²) < 4.78 is 1.90. The lowest BCUT2D eigenvalue weighted by atomic mass is 10.1. The van der Waals surface area contributed by atoms with E-state index in [-0.39, 0.29) is 5.91 Å². The van der Waals surface area contributed by atoms with E-state index in [4.69, 9.17) is 0 Å². The minimum Gasteiger partial charge on any atom is -0.298 e. The Labute approximate surface area is 163 Å². The van der Waals surface area contributed by atoms with Gasteiger partial charge in [0.15, 0.2) is 0 Å². The molecule has 28 heavy (non-hydrogen) atoms. The highest BCUT2D eigenvalue weighted by Gasteiger charge is 2.11. The number of aromatic nitrogens is 2. The summed E-state index contributed by atoms with van der Waals surface area (Å²) in [6.07, 6.45) is 0. The second kappa shape index (κ2) is 7.80. The number of rotatable bonds is 5. The van der Waals surface area contributed by atoms with Gasteiger partial charge in [0, 0.05) is 11.1 Å². The lowest BCUT2D eigenvalue weighted by molar-refractivity contribution is 0.0962. The van der Waals surface area contributed by atoms with Gasteiger partial charge in [0.1, 0.15) is 0 Å². The highest BCUT2D eigenvalue weighted by Crippen LogP contribution is 2.24. The fourth-order valence-electron chi connectivity index (χ4n) is 2.99. The molecule has 4 rings (SSSR count). The third kappa shape index (κ3) is 3.78. The molecule has 0 saturated heterocycles. The topological polar surface area (TPSA) is 59.0 Å². The van der Waals surface area contributed by atoms with Crippen molar-refractivity contribution in [3.63, 3.8) is 0 Å². The Morgan fingerprint density at radius 2 is 1.50 bits per heavy atom. The fraction of sp³-hybridized carbons (Fsp3) is 0.0435. The Kier molecular flexibility index (Phi) is 4.89. The third-order valence-corrected chi connectivity index (χ3v) is 4.37. The molecule has 3 aromatic carbocycles. The fourth-order valence-corrected chi connectivity index (χ4v) is 2.99. The molecule has 1 heterocycles. The van der Waals surface area contributed by atoms with Crippen LogP contribution in [0.15, 0.2) is 91.0 Å². The molecule has 0 radical (unpaired) electrons. The summed E-state index contributed by atoms with van der Waals surface area (Å²) >= 11 is 0. The molecule has 0 saturated carbocycles. The van der Waals surface area contributed by atoms with Crippen LogP contribution >= 0.6 is 0 Å². The van der Waals surface area contributed by atoms with Crippen molar-refractivity contribution in [2.75, 3.05) is 5.43 Å². The van der Waals surface area contributed by atoms with E-state index in [1.165, 1.54) is 0 Å². The van der Waals surface area contributed by atoms with Crippen LogP contribution in [0.4, 0.5) is 5.69 Å². The smallest absolute Gasteiger partial charge is 0.269 e. The van der Waals surface area contributed by atoms with Crippen molar-refractivity contribution in [2.45, 2.75) is 6.92 Å². The van der Waals surface area contributed by atoms with Crippen LogP contribution in [-0.4, -0.2) is 15.7 Å². The maximum Gasteiger partial charge on any atom is 0.269 e. The number of aryl methyl sites for hydroxylation is 1. The number of anilines is 1. The van der Waals surface area contributed by atoms with Crippen molar-refractivity contribution in [2.24, 2.45) is 0 Å². The molecule has 138 valence electrons. The van der Waals surface area contributed by atoms with Crippen LogP contribution in [-0.2, 0) is 0 Å². The molecule has 5 heteroatoms. The van der Waals surface area contributed by atoms with Crippen molar-refractivity contribution >= 4 is 11.6 Å². The van der Waals surface area contributed by atoms with Crippen LogP contribution in [0.25, 0.3) is 16.9 Å². The van der Waals surface area contributed by atoms with E-state index < -0.39 is 0 Å². The van der Waals surface area contributed by atoms with Gasteiger partial charge in [-0.2, -0.15) is 5.10 Å². The van der Waals surface area contributed by atoms with Gasteiger partial charge >= 0.3 is 0 Å². The number of para-hydroxylation sites is 1. The number of hydrogen-bond acceptors (Lipinski definition) is 3. The van der Waals surface area contributed by atoms with Crippen LogP contribution in [0, 0.1) is 6.92 Å². The maximum absolute atomic E-state index is 12.4. The molecule has 2 N–H and O–H groups in total. The normalized spacial score (nSPS) is 10.5. The Morgan fingerprint density at radius 1 is 0.857 bits per heavy atom. The number of nitrogens with one attached hydrogen (secondary N) is 2. The van der Waals surface area contributed by atoms with Gasteiger partial charge in [0.2, 0.25) is 0 Å². The number of carbonyl (C=O) groups excluding carboxylic acids is 1. The van der Waals surface area contributed by atoms with E-state index in [0.717, 1.165) is 28.3 Å². The van der Waals surface area contributed by atoms with Gasteiger partial charge in [-0.25, -0.2) is 4.68 Å². The summed E-state index contributed by atoms with van der Waals surface area (Å²) in [6.45, 7) is 1.97. The van der Waals surface area contributed by atoms with E-state index in [0.29, 0.717) is 5.56 Å². The van der Waals surface area contributed by atoms with Crippen molar-refractivity contribution in [1.82, 2.24) is 15.2 Å². The predicted molar refractivity (Wildman–Crippen MR) is 111 cm³/mol. The van der Waals surface area contributed by atoms with Crippen molar-refractivity contribution < 1.29 is 4.79 Å². The minimum atomic E-state index is -0.199. The zero-order valence-electron chi connectivity index (χ0n) is 15.5. The van der Waals surface area contributed by atoms with Crippen molar-refractivity contribution in [3.8, 4) is 16.9 Å². The SMILES string of the molecule is Cc1cc(-c2ccccc2)n(-c2ccc(C(=O)NNc3ccccc3)cc2)n1. The molecule has 4 aromatic rings. The molecule has 1 amide bonds. The molecule has 5 nitrogen and oxygen atoms in total. The predicted octanol–water partition coefficient (Wildman–Crippen LogP) is 4.60. The number of hydrazine groups is 1. The number of carbonyl (C=O) groups is 1. The molecule has 0 aliphatic rings. The van der Waals surface area contributed by atoms with Gasteiger partial charge in [-0.05, 0) is 49.4 Å². The van der Waals surface area contributed by atoms with Crippen LogP contribution in [0.1, 0.15) is 16.1 Å². The molecule has 0 aliphatic carbocycles. The molecular formula is C23H20N4O. The highest BCUT2D eigenvalue weighted by atomic mass is 16.2. The van der Waals surface area contributed by atoms with Gasteiger partial charge in [0.05, 0.1) is 22.8 Å². The van der Waals surface area contributed by atoms with Gasteiger partial charge in [-0.15, -0.1) is 0 Å². The summed E-state index contributed by atoms with van der Waals surface area (Å²) in [5.41, 5.74) is 11.0. The Balaban J connectivity index is 1.53. The number of benzene rings is 3. The molecule has 0 atom stereocenters. The highest BCUT2D eigenvalue weighted by molar-refractivity contribution is 5.95. The standard InChI is InChI=1S/C23H20N4O/c1-17-16-22(18-8-4-2-5-9-18)27(26-17)21-14-12-19(13-15-21)23(28)25-24-20-10-6-3-7-11-20/h2-16,24H,1H3,(H,25,28). The van der Waals surface area contributed by atoms with Crippen LogP contribution in [0.3, 0.4) is 0 Å².